The van der Waals surface area contributed by atoms with Gasteiger partial charge >= 0.3 is 29.6 Å². The molecule has 2 aliphatic carbocycles. The molecule has 0 bridgehead atoms. The summed E-state index contributed by atoms with van der Waals surface area (Å²) >= 11 is 0. The number of morpholine rings is 2. The average molecular weight is 801 g/mol. The number of carbonyl (C=O) groups is 1. The predicted molar refractivity (Wildman–Crippen MR) is 228 cm³/mol. The molecule has 4 fully saturated rings. The van der Waals surface area contributed by atoms with Crippen LogP contribution in [-0.2, 0) is 29.1 Å². The molecule has 0 spiro atoms. The van der Waals surface area contributed by atoms with E-state index in [1.165, 1.54) is 42.4 Å². The van der Waals surface area contributed by atoms with Gasteiger partial charge in [-0.05, 0) is 104 Å². The number of anilines is 2. The maximum absolute atomic E-state index is 11.0. The van der Waals surface area contributed by atoms with E-state index in [0.29, 0.717) is 12.1 Å². The Hall–Kier alpha value is -4.26. The van der Waals surface area contributed by atoms with Gasteiger partial charge in [-0.2, -0.15) is 0 Å². The van der Waals surface area contributed by atoms with Crippen LogP contribution in [-0.4, -0.2) is 102 Å². The minimum atomic E-state index is 0. The summed E-state index contributed by atoms with van der Waals surface area (Å²) in [5, 5.41) is 9.84. The third-order valence-corrected chi connectivity index (χ3v) is 11.0. The van der Waals surface area contributed by atoms with E-state index in [0.717, 1.165) is 142 Å². The van der Waals surface area contributed by atoms with Gasteiger partial charge < -0.3 is 42.2 Å². The van der Waals surface area contributed by atoms with Crippen LogP contribution in [0.5, 0.6) is 0 Å². The number of pyridine rings is 2. The van der Waals surface area contributed by atoms with Crippen LogP contribution in [0, 0.1) is 23.7 Å². The first-order valence-corrected chi connectivity index (χ1v) is 20.2. The quantitative estimate of drug-likeness (QED) is 0.138. The molecule has 2 aromatic carbocycles. The van der Waals surface area contributed by atoms with Gasteiger partial charge in [-0.1, -0.05) is 24.3 Å². The van der Waals surface area contributed by atoms with Gasteiger partial charge in [-0.3, -0.25) is 14.8 Å². The van der Waals surface area contributed by atoms with Gasteiger partial charge in [0.05, 0.1) is 50.9 Å². The second-order valence-corrected chi connectivity index (χ2v) is 15.1. The summed E-state index contributed by atoms with van der Waals surface area (Å²) in [6.07, 6.45) is 10.2. The van der Waals surface area contributed by atoms with Gasteiger partial charge in [-0.25, -0.2) is 9.97 Å². The van der Waals surface area contributed by atoms with Crippen molar-refractivity contribution in [2.75, 3.05) is 75.5 Å². The summed E-state index contributed by atoms with van der Waals surface area (Å²) in [5.41, 5.74) is 16.3. The van der Waals surface area contributed by atoms with Crippen LogP contribution in [0.15, 0.2) is 83.0 Å². The van der Waals surface area contributed by atoms with Crippen molar-refractivity contribution in [1.29, 1.82) is 5.26 Å². The third-order valence-electron chi connectivity index (χ3n) is 11.0. The summed E-state index contributed by atoms with van der Waals surface area (Å²) in [7, 11) is 0. The van der Waals surface area contributed by atoms with Crippen molar-refractivity contribution < 1.29 is 43.8 Å². The Morgan fingerprint density at radius 2 is 1.24 bits per heavy atom. The van der Waals surface area contributed by atoms with E-state index in [4.69, 9.17) is 32.0 Å². The molecule has 6 aliphatic rings. The molecule has 2 saturated heterocycles. The number of hydrogen-bond acceptors (Lipinski definition) is 12. The number of ether oxygens (including phenoxy) is 2. The van der Waals surface area contributed by atoms with Crippen molar-refractivity contribution >= 4 is 37.8 Å². The number of benzene rings is 2. The molecule has 10 rings (SSSR count). The van der Waals surface area contributed by atoms with Crippen LogP contribution in [0.3, 0.4) is 0 Å². The van der Waals surface area contributed by atoms with E-state index < -0.39 is 0 Å². The topological polar surface area (TPSA) is 154 Å². The number of nitrogens with zero attached hydrogens (tertiary/aromatic N) is 7. The van der Waals surface area contributed by atoms with Crippen LogP contribution >= 0.6 is 0 Å². The number of fused-ring (bicyclic) bond motifs is 2. The van der Waals surface area contributed by atoms with Crippen molar-refractivity contribution in [2.24, 2.45) is 27.6 Å². The van der Waals surface area contributed by atoms with E-state index in [-0.39, 0.29) is 38.0 Å². The number of rotatable bonds is 10. The van der Waals surface area contributed by atoms with Gasteiger partial charge in [-0.15, -0.1) is 0 Å². The molecule has 299 valence electrons. The fourth-order valence-electron chi connectivity index (χ4n) is 7.27. The van der Waals surface area contributed by atoms with Crippen LogP contribution in [0.1, 0.15) is 75.0 Å². The number of aldehydes is 1. The monoisotopic (exact) mass is 800 g/mol. The first kappa shape index (κ1) is 45.8. The number of aromatic nitrogens is 2. The summed E-state index contributed by atoms with van der Waals surface area (Å²) in [4.78, 5) is 34.1. The number of aliphatic imine (C=N–C) groups is 2. The second kappa shape index (κ2) is 22.9. The van der Waals surface area contributed by atoms with Crippen molar-refractivity contribution in [3.05, 3.63) is 124 Å². The van der Waals surface area contributed by atoms with Crippen molar-refractivity contribution in [3.63, 3.8) is 0 Å². The smallest absolute Gasteiger partial charge is 0.512 e. The maximum Gasteiger partial charge on any atom is 1.00 e. The number of hydrogen-bond donors (Lipinski definition) is 2. The van der Waals surface area contributed by atoms with Gasteiger partial charge in [0.2, 0.25) is 0 Å². The first-order chi connectivity index (χ1) is 28.1. The summed E-state index contributed by atoms with van der Waals surface area (Å²) in [6.45, 7) is 15.7. The van der Waals surface area contributed by atoms with E-state index in [2.05, 4.69) is 66.5 Å². The predicted octanol–water partition coefficient (Wildman–Crippen LogP) is 1.93. The van der Waals surface area contributed by atoms with Gasteiger partial charge in [0.1, 0.15) is 17.9 Å². The largest absolute Gasteiger partial charge is 1.00 e. The second-order valence-electron chi connectivity index (χ2n) is 15.1. The molecule has 0 atom stereocenters. The minimum absolute atomic E-state index is 0. The third kappa shape index (κ3) is 12.4. The molecule has 0 unspecified atom stereocenters. The van der Waals surface area contributed by atoms with Crippen LogP contribution in [0.4, 0.5) is 11.6 Å². The van der Waals surface area contributed by atoms with Crippen LogP contribution in [0.2, 0.25) is 0 Å². The molecule has 0 amide bonds. The zero-order valence-electron chi connectivity index (χ0n) is 34.2. The Balaban J connectivity index is 0.000000189. The maximum atomic E-state index is 11.0. The normalized spacial score (nSPS) is 17.3. The van der Waals surface area contributed by atoms with E-state index in [1.807, 2.05) is 36.7 Å². The summed E-state index contributed by atoms with van der Waals surface area (Å²) < 4.78 is 10.9. The van der Waals surface area contributed by atoms with Gasteiger partial charge in [0.25, 0.3) is 0 Å². The molecule has 4 aliphatic heterocycles. The van der Waals surface area contributed by atoms with Crippen molar-refractivity contribution in [2.45, 2.75) is 45.3 Å². The standard InChI is InChI=1S/C22H26N4O.C18H17N3O2.C4H9N.CN.B.Na/c1-2-16(1)13-23-14-17-3-4-19-15-25-22(20(19)11-17)18-5-6-24-21(12-18)26-7-9-27-10-8-26;22-12-13-1-2-15-11-20-18(16(15)9-13)14-3-4-19-17(10-14)21-5-7-23-8-6-21;5-3-4-1-2-4;1-2;;/h3-6,11-12,16,23H,1-2,7-10,13-15H2;1-4,9-10,12H,5-8,11H2;4H,1-3,5H2;;;/q;;;-1;;+1. The molecular weight excluding hydrogens is 748 g/mol. The van der Waals surface area contributed by atoms with Crippen molar-refractivity contribution in [3.8, 4) is 0 Å². The molecule has 2 saturated carbocycles. The molecule has 2 aromatic heterocycles. The Bertz CT molecular complexity index is 2080. The fourth-order valence-corrected chi connectivity index (χ4v) is 7.27. The Morgan fingerprint density at radius 1 is 0.729 bits per heavy atom. The number of carbonyl (C=O) groups excluding carboxylic acids is 1. The zero-order chi connectivity index (χ0) is 39.4. The molecule has 14 heteroatoms. The summed E-state index contributed by atoms with van der Waals surface area (Å²) in [6, 6.07) is 20.9. The molecule has 12 nitrogen and oxygen atoms in total. The van der Waals surface area contributed by atoms with Crippen LogP contribution in [0.25, 0.3) is 0 Å². The van der Waals surface area contributed by atoms with E-state index in [9.17, 15) is 4.79 Å². The van der Waals surface area contributed by atoms with Crippen molar-refractivity contribution in [1.82, 2.24) is 15.3 Å². The minimum Gasteiger partial charge on any atom is -0.512 e. The SMILES string of the molecule is NCC1CC1.O=Cc1ccc2c(c1)C(c1ccnc(N3CCOCC3)c1)=NC2.[B].[C-]#N.[Na+].c1cc(C2=NCc3ccc(CNCC4CC4)cc32)cc(N2CCOCC2)n1. The Labute approximate surface area is 372 Å². The number of nitrogens with one attached hydrogen (secondary N) is 1. The Morgan fingerprint density at radius 3 is 1.71 bits per heavy atom. The van der Waals surface area contributed by atoms with Gasteiger partial charge in [0, 0.05) is 81.3 Å². The zero-order valence-corrected chi connectivity index (χ0v) is 36.2. The van der Waals surface area contributed by atoms with Crippen LogP contribution < -0.4 is 50.4 Å². The molecule has 3 N–H and O–H groups in total. The van der Waals surface area contributed by atoms with E-state index in [1.54, 1.807) is 0 Å². The number of nitrogens with two attached hydrogens (primary N) is 1. The first-order valence-electron chi connectivity index (χ1n) is 20.2. The Kier molecular flexibility index (Phi) is 17.8. The van der Waals surface area contributed by atoms with Gasteiger partial charge in [0.15, 0.2) is 0 Å². The molecule has 59 heavy (non-hydrogen) atoms. The fraction of sp³-hybridized carbons (Fsp3) is 0.422. The average Bonchev–Trinajstić information content (AvgIpc) is 4.22. The molecular formula is C45H52BN9NaO3. The summed E-state index contributed by atoms with van der Waals surface area (Å²) in [5.74, 6) is 3.80. The molecule has 4 aromatic rings. The van der Waals surface area contributed by atoms with E-state index >= 15 is 0 Å². The molecule has 3 radical (unpaired) electrons. The molecule has 6 heterocycles.